The molecule has 5 N–H and O–H groups in total. The molecule has 4 heterocycles. The number of oxime groups is 1. The first-order valence-electron chi connectivity index (χ1n) is 19.3. The van der Waals surface area contributed by atoms with Crippen molar-refractivity contribution in [2.45, 2.75) is 83.1 Å². The minimum absolute atomic E-state index is 0.0141. The van der Waals surface area contributed by atoms with Crippen molar-refractivity contribution in [2.75, 3.05) is 64.8 Å². The standard InChI is InChI=1S/C35H50FN11O12S2/c1-5-6-7-8-9-10-24(49)54-16-23(57-20(2)48)17-55-35(53)59-21(3)58-32(52)27-22(15-40-45(4)34(38)46-13-11-39-12-14-46)18-60-31-26(30(51)47(27)31)41-29(50)25(43-56-19-36)28-42-33(37)61-44-28/h15,21,23,26,31,38-39H,5-14,16-19H2,1-4H3,(H,41,50)(H2,37,42,44)/b38-34?,40-15+,43-25-. The van der Waals surface area contributed by atoms with E-state index in [0.29, 0.717) is 32.6 Å². The number of β-lactam (4-membered cyclic amide) rings is 1. The van der Waals surface area contributed by atoms with E-state index in [4.69, 9.17) is 34.8 Å². The molecule has 0 spiro atoms. The number of nitrogens with zero attached hydrogens (tertiary/aromatic N) is 7. The third-order valence-corrected chi connectivity index (χ3v) is 10.7. The number of carbonyl (C=O) groups is 6. The monoisotopic (exact) mass is 899 g/mol. The average Bonchev–Trinajstić information content (AvgIpc) is 3.67. The Balaban J connectivity index is 1.44. The van der Waals surface area contributed by atoms with E-state index in [1.165, 1.54) is 18.1 Å². The van der Waals surface area contributed by atoms with Gasteiger partial charge in [-0.2, -0.15) is 14.5 Å². The zero-order valence-electron chi connectivity index (χ0n) is 34.1. The Morgan fingerprint density at radius 1 is 1.11 bits per heavy atom. The summed E-state index contributed by atoms with van der Waals surface area (Å²) in [6.45, 7) is 4.59. The number of thioether (sulfide) groups is 1. The largest absolute Gasteiger partial charge is 0.511 e. The molecule has 4 rings (SSSR count). The molecule has 336 valence electrons. The first-order valence-corrected chi connectivity index (χ1v) is 21.1. The lowest BCUT2D eigenvalue weighted by Crippen LogP contribution is -2.71. The molecule has 2 amide bonds. The highest BCUT2D eigenvalue weighted by atomic mass is 32.2. The molecule has 2 saturated heterocycles. The molecule has 0 bridgehead atoms. The summed E-state index contributed by atoms with van der Waals surface area (Å²) in [5.74, 6) is -4.22. The highest BCUT2D eigenvalue weighted by Crippen LogP contribution is 2.40. The van der Waals surface area contributed by atoms with Gasteiger partial charge in [-0.1, -0.05) is 37.8 Å². The number of carbonyl (C=O) groups excluding carboxylic acids is 6. The smallest absolute Gasteiger partial charge is 0.462 e. The number of hydrogen-bond donors (Lipinski definition) is 4. The number of esters is 3. The van der Waals surface area contributed by atoms with Crippen LogP contribution in [0.2, 0.25) is 0 Å². The maximum atomic E-state index is 13.8. The SMILES string of the molecule is CCCCCCCC(=O)OCC(COC(=O)OC(C)OC(=O)C1=C(/C=N/N(C)C(=N)N2CCNCC2)CSC2C(NC(=O)/C(=N\OCF)c3nsc(N)n3)C(=O)N12)OC(C)=O. The summed E-state index contributed by atoms with van der Waals surface area (Å²) in [5, 5.41) is 22.4. The number of hydrogen-bond acceptors (Lipinski definition) is 21. The molecular formula is C35H50FN11O12S2. The van der Waals surface area contributed by atoms with Crippen molar-refractivity contribution in [1.29, 1.82) is 5.41 Å². The van der Waals surface area contributed by atoms with Crippen LogP contribution in [0.1, 0.15) is 65.1 Å². The highest BCUT2D eigenvalue weighted by molar-refractivity contribution is 8.00. The molecule has 0 aromatic carbocycles. The van der Waals surface area contributed by atoms with Gasteiger partial charge in [-0.05, 0) is 6.42 Å². The van der Waals surface area contributed by atoms with Gasteiger partial charge in [0.05, 0.1) is 6.21 Å². The van der Waals surface area contributed by atoms with Crippen molar-refractivity contribution in [1.82, 2.24) is 34.8 Å². The Morgan fingerprint density at radius 2 is 1.84 bits per heavy atom. The lowest BCUT2D eigenvalue weighted by Gasteiger charge is -2.49. The molecule has 4 unspecified atom stereocenters. The van der Waals surface area contributed by atoms with Crippen LogP contribution in [-0.4, -0.2) is 161 Å². The summed E-state index contributed by atoms with van der Waals surface area (Å²) in [4.78, 5) is 88.4. The highest BCUT2D eigenvalue weighted by Gasteiger charge is 2.55. The van der Waals surface area contributed by atoms with Gasteiger partial charge in [0.25, 0.3) is 18.7 Å². The van der Waals surface area contributed by atoms with Crippen LogP contribution < -0.4 is 16.4 Å². The molecule has 1 aromatic rings. The van der Waals surface area contributed by atoms with Gasteiger partial charge in [-0.3, -0.25) is 29.5 Å². The first-order chi connectivity index (χ1) is 29.2. The Hall–Kier alpha value is -5.63. The molecule has 23 nitrogen and oxygen atoms in total. The Kier molecular flexibility index (Phi) is 18.9. The van der Waals surface area contributed by atoms with Crippen LogP contribution in [0.15, 0.2) is 21.5 Å². The van der Waals surface area contributed by atoms with Crippen LogP contribution in [0.3, 0.4) is 0 Å². The van der Waals surface area contributed by atoms with Gasteiger partial charge in [0.1, 0.15) is 30.3 Å². The molecule has 4 atom stereocenters. The molecular weight excluding hydrogens is 850 g/mol. The maximum absolute atomic E-state index is 13.8. The van der Waals surface area contributed by atoms with E-state index in [1.807, 2.05) is 0 Å². The number of guanidine groups is 1. The number of nitrogens with two attached hydrogens (primary N) is 1. The van der Waals surface area contributed by atoms with Crippen LogP contribution in [-0.2, 0) is 52.5 Å². The van der Waals surface area contributed by atoms with Gasteiger partial charge in [-0.15, -0.1) is 11.8 Å². The molecule has 1 aromatic heterocycles. The number of piperazine rings is 1. The molecule has 26 heteroatoms. The zero-order valence-corrected chi connectivity index (χ0v) is 35.7. The third kappa shape index (κ3) is 14.2. The minimum Gasteiger partial charge on any atom is -0.462 e. The quantitative estimate of drug-likeness (QED) is 0.0196. The predicted molar refractivity (Wildman–Crippen MR) is 216 cm³/mol. The molecule has 0 aliphatic carbocycles. The predicted octanol–water partition coefficient (Wildman–Crippen LogP) is 1.06. The van der Waals surface area contributed by atoms with Crippen LogP contribution in [0, 0.1) is 5.41 Å². The number of halogens is 1. The molecule has 3 aliphatic heterocycles. The number of aromatic nitrogens is 2. The van der Waals surface area contributed by atoms with E-state index in [-0.39, 0.29) is 47.0 Å². The second-order valence-electron chi connectivity index (χ2n) is 13.4. The lowest BCUT2D eigenvalue weighted by molar-refractivity contribution is -0.171. The van der Waals surface area contributed by atoms with Crippen molar-refractivity contribution in [3.63, 3.8) is 0 Å². The van der Waals surface area contributed by atoms with E-state index < -0.39 is 78.9 Å². The van der Waals surface area contributed by atoms with E-state index in [1.54, 1.807) is 11.9 Å². The normalized spacial score (nSPS) is 18.6. The molecule has 61 heavy (non-hydrogen) atoms. The van der Waals surface area contributed by atoms with Gasteiger partial charge < -0.3 is 49.8 Å². The number of ether oxygens (including phenoxy) is 5. The number of anilines is 1. The number of nitrogens with one attached hydrogen (secondary N) is 3. The number of fused-ring (bicyclic) bond motifs is 1. The molecule has 3 aliphatic rings. The number of hydrazone groups is 1. The van der Waals surface area contributed by atoms with E-state index in [9.17, 15) is 33.2 Å². The number of unbranched alkanes of at least 4 members (excludes halogenated alkanes) is 4. The molecule has 0 saturated carbocycles. The summed E-state index contributed by atoms with van der Waals surface area (Å²) >= 11 is 1.90. The fraction of sp³-hybridized carbons (Fsp3) is 0.629. The van der Waals surface area contributed by atoms with Crippen molar-refractivity contribution in [3.05, 3.63) is 17.1 Å². The average molecular weight is 900 g/mol. The summed E-state index contributed by atoms with van der Waals surface area (Å²) in [6.07, 6.45) is 2.02. The third-order valence-electron chi connectivity index (χ3n) is 8.83. The topological polar surface area (TPSA) is 292 Å². The van der Waals surface area contributed by atoms with E-state index in [2.05, 4.69) is 42.0 Å². The summed E-state index contributed by atoms with van der Waals surface area (Å²) in [6, 6.07) is -1.23. The van der Waals surface area contributed by atoms with Gasteiger partial charge in [0.2, 0.25) is 23.8 Å². The van der Waals surface area contributed by atoms with Crippen molar-refractivity contribution >= 4 is 82.2 Å². The van der Waals surface area contributed by atoms with E-state index >= 15 is 0 Å². The second kappa shape index (κ2) is 24.0. The Morgan fingerprint density at radius 3 is 2.51 bits per heavy atom. The Labute approximate surface area is 358 Å². The fourth-order valence-electron chi connectivity index (χ4n) is 5.88. The van der Waals surface area contributed by atoms with Crippen molar-refractivity contribution in [3.8, 4) is 0 Å². The maximum Gasteiger partial charge on any atom is 0.511 e. The minimum atomic E-state index is -1.60. The number of nitrogen functional groups attached to an aromatic ring is 1. The van der Waals surface area contributed by atoms with Crippen LogP contribution >= 0.6 is 23.3 Å². The molecule has 0 radical (unpaired) electrons. The lowest BCUT2D eigenvalue weighted by atomic mass is 10.0. The Bertz CT molecular complexity index is 1840. The van der Waals surface area contributed by atoms with Gasteiger partial charge in [0, 0.05) is 76.4 Å². The number of amides is 2. The van der Waals surface area contributed by atoms with Gasteiger partial charge in [0.15, 0.2) is 11.2 Å². The zero-order chi connectivity index (χ0) is 44.5. The molecule has 2 fully saturated rings. The van der Waals surface area contributed by atoms with Crippen LogP contribution in [0.5, 0.6) is 0 Å². The second-order valence-corrected chi connectivity index (χ2v) is 15.3. The van der Waals surface area contributed by atoms with Crippen LogP contribution in [0.4, 0.5) is 14.3 Å². The number of rotatable bonds is 21. The van der Waals surface area contributed by atoms with Crippen molar-refractivity contribution < 1.29 is 61.7 Å². The van der Waals surface area contributed by atoms with Gasteiger partial charge in [-0.25, -0.2) is 19.0 Å². The first kappa shape index (κ1) is 48.0. The van der Waals surface area contributed by atoms with Crippen LogP contribution in [0.25, 0.3) is 0 Å². The van der Waals surface area contributed by atoms with Crippen molar-refractivity contribution in [2.24, 2.45) is 10.3 Å². The fourth-order valence-corrected chi connectivity index (χ4v) is 7.61. The summed E-state index contributed by atoms with van der Waals surface area (Å²) < 4.78 is 42.6. The van der Waals surface area contributed by atoms with E-state index in [0.717, 1.165) is 60.8 Å². The number of alkyl halides is 1. The van der Waals surface area contributed by atoms with Gasteiger partial charge >= 0.3 is 24.1 Å². The summed E-state index contributed by atoms with van der Waals surface area (Å²) in [5.41, 5.74) is 4.98. The summed E-state index contributed by atoms with van der Waals surface area (Å²) in [7, 11) is 1.54.